The van der Waals surface area contributed by atoms with E-state index < -0.39 is 0 Å². The Morgan fingerprint density at radius 2 is 1.32 bits per heavy atom. The lowest BCUT2D eigenvalue weighted by atomic mass is 10.1. The van der Waals surface area contributed by atoms with Crippen molar-refractivity contribution in [3.05, 3.63) is 0 Å². The highest BCUT2D eigenvalue weighted by molar-refractivity contribution is 5.95. The minimum Gasteiger partial charge on any atom is -0.303 e. The van der Waals surface area contributed by atoms with E-state index in [0.717, 1.165) is 32.2 Å². The van der Waals surface area contributed by atoms with Crippen LogP contribution in [-0.2, 0) is 9.59 Å². The van der Waals surface area contributed by atoms with Gasteiger partial charge in [0, 0.05) is 19.4 Å². The molecular formula is C15H26N2O2. The number of carbonyl (C=O) groups excluding carboxylic acids is 2. The largest absolute Gasteiger partial charge is 0.303 e. The van der Waals surface area contributed by atoms with Gasteiger partial charge in [-0.25, -0.2) is 0 Å². The molecule has 0 aliphatic carbocycles. The first kappa shape index (κ1) is 14.5. The lowest BCUT2D eigenvalue weighted by Gasteiger charge is -2.26. The zero-order chi connectivity index (χ0) is 13.5. The first-order valence-electron chi connectivity index (χ1n) is 7.83. The van der Waals surface area contributed by atoms with E-state index in [-0.39, 0.29) is 11.8 Å². The maximum Gasteiger partial charge on any atom is 0.229 e. The fourth-order valence-electron chi connectivity index (χ4n) is 3.00. The summed E-state index contributed by atoms with van der Waals surface area (Å²) in [6.07, 6.45) is 8.91. The van der Waals surface area contributed by atoms with Gasteiger partial charge in [0.1, 0.15) is 0 Å². The summed E-state index contributed by atoms with van der Waals surface area (Å²) in [7, 11) is 0. The third kappa shape index (κ3) is 4.60. The van der Waals surface area contributed by atoms with Crippen LogP contribution >= 0.6 is 0 Å². The second kappa shape index (κ2) is 7.63. The molecular weight excluding hydrogens is 240 g/mol. The molecule has 2 amide bonds. The number of unbranched alkanes of at least 4 members (excludes halogenated alkanes) is 1. The Labute approximate surface area is 116 Å². The predicted molar refractivity (Wildman–Crippen MR) is 74.7 cm³/mol. The number of likely N-dealkylation sites (tertiary alicyclic amines) is 2. The lowest BCUT2D eigenvalue weighted by Crippen LogP contribution is -2.36. The summed E-state index contributed by atoms with van der Waals surface area (Å²) < 4.78 is 0. The third-order valence-corrected chi connectivity index (χ3v) is 4.19. The summed E-state index contributed by atoms with van der Waals surface area (Å²) in [5.74, 6) is 0.0842. The molecule has 0 saturated carbocycles. The van der Waals surface area contributed by atoms with Gasteiger partial charge in [-0.15, -0.1) is 0 Å². The predicted octanol–water partition coefficient (Wildman–Crippen LogP) is 2.18. The molecule has 0 atom stereocenters. The number of rotatable bonds is 5. The Morgan fingerprint density at radius 3 is 1.95 bits per heavy atom. The first-order chi connectivity index (χ1) is 9.27. The molecule has 0 spiro atoms. The minimum atomic E-state index is 0.0421. The Bertz CT molecular complexity index is 293. The van der Waals surface area contributed by atoms with Crippen molar-refractivity contribution < 1.29 is 9.59 Å². The minimum absolute atomic E-state index is 0.0421. The molecule has 4 nitrogen and oxygen atoms in total. The van der Waals surface area contributed by atoms with Gasteiger partial charge in [0.25, 0.3) is 0 Å². The van der Waals surface area contributed by atoms with Crippen molar-refractivity contribution in [1.82, 2.24) is 9.80 Å². The maximum atomic E-state index is 11.8. The molecule has 2 rings (SSSR count). The average molecular weight is 266 g/mol. The highest BCUT2D eigenvalue weighted by Crippen LogP contribution is 2.14. The molecule has 0 N–H and O–H groups in total. The Hall–Kier alpha value is -0.900. The van der Waals surface area contributed by atoms with E-state index in [1.807, 2.05) is 0 Å². The van der Waals surface area contributed by atoms with E-state index in [4.69, 9.17) is 0 Å². The molecule has 2 aliphatic rings. The van der Waals surface area contributed by atoms with Gasteiger partial charge in [-0.05, 0) is 58.2 Å². The molecule has 2 aliphatic heterocycles. The second-order valence-electron chi connectivity index (χ2n) is 5.76. The lowest BCUT2D eigenvalue weighted by molar-refractivity contribution is -0.143. The second-order valence-corrected chi connectivity index (χ2v) is 5.76. The molecule has 0 unspecified atom stereocenters. The zero-order valence-electron chi connectivity index (χ0n) is 11.9. The van der Waals surface area contributed by atoms with Crippen molar-refractivity contribution in [2.75, 3.05) is 26.2 Å². The number of amides is 2. The van der Waals surface area contributed by atoms with Crippen LogP contribution in [0, 0.1) is 0 Å². The van der Waals surface area contributed by atoms with Crippen molar-refractivity contribution in [2.45, 2.75) is 57.8 Å². The number of nitrogens with zero attached hydrogens (tertiary/aromatic N) is 2. The molecule has 4 heteroatoms. The van der Waals surface area contributed by atoms with Crippen LogP contribution in [0.1, 0.15) is 57.8 Å². The highest BCUT2D eigenvalue weighted by atomic mass is 16.2. The van der Waals surface area contributed by atoms with Gasteiger partial charge in [-0.1, -0.05) is 6.42 Å². The van der Waals surface area contributed by atoms with Gasteiger partial charge in [-0.2, -0.15) is 0 Å². The highest BCUT2D eigenvalue weighted by Gasteiger charge is 2.23. The molecule has 0 aromatic carbocycles. The summed E-state index contributed by atoms with van der Waals surface area (Å²) in [4.78, 5) is 27.6. The Kier molecular flexibility index (Phi) is 5.83. The van der Waals surface area contributed by atoms with Crippen LogP contribution in [0.25, 0.3) is 0 Å². The molecule has 19 heavy (non-hydrogen) atoms. The molecule has 2 saturated heterocycles. The van der Waals surface area contributed by atoms with Crippen LogP contribution in [0.3, 0.4) is 0 Å². The Morgan fingerprint density at radius 1 is 0.737 bits per heavy atom. The summed E-state index contributed by atoms with van der Waals surface area (Å²) in [6, 6.07) is 0. The van der Waals surface area contributed by atoms with Crippen molar-refractivity contribution in [3.8, 4) is 0 Å². The van der Waals surface area contributed by atoms with Crippen LogP contribution in [0.5, 0.6) is 0 Å². The number of imide groups is 1. The van der Waals surface area contributed by atoms with Crippen LogP contribution in [0.15, 0.2) is 0 Å². The van der Waals surface area contributed by atoms with Crippen LogP contribution in [-0.4, -0.2) is 47.8 Å². The van der Waals surface area contributed by atoms with Gasteiger partial charge in [0.05, 0.1) is 0 Å². The average Bonchev–Trinajstić information content (AvgIpc) is 2.59. The SMILES string of the molecule is O=C1CCCCC(=O)N1CCCCN1CCCCC1. The zero-order valence-corrected chi connectivity index (χ0v) is 11.9. The molecule has 2 heterocycles. The standard InChI is InChI=1S/C15H26N2O2/c18-14-8-2-3-9-15(19)17(14)13-7-6-12-16-10-4-1-5-11-16/h1-13H2. The van der Waals surface area contributed by atoms with Crippen molar-refractivity contribution >= 4 is 11.8 Å². The number of piperidine rings is 1. The van der Waals surface area contributed by atoms with Crippen molar-refractivity contribution in [3.63, 3.8) is 0 Å². The van der Waals surface area contributed by atoms with E-state index in [2.05, 4.69) is 4.90 Å². The van der Waals surface area contributed by atoms with Gasteiger partial charge >= 0.3 is 0 Å². The van der Waals surface area contributed by atoms with E-state index in [0.29, 0.717) is 19.4 Å². The van der Waals surface area contributed by atoms with Gasteiger partial charge in [0.2, 0.25) is 11.8 Å². The summed E-state index contributed by atoms with van der Waals surface area (Å²) in [6.45, 7) is 4.20. The number of carbonyl (C=O) groups is 2. The summed E-state index contributed by atoms with van der Waals surface area (Å²) >= 11 is 0. The topological polar surface area (TPSA) is 40.6 Å². The van der Waals surface area contributed by atoms with Crippen molar-refractivity contribution in [1.29, 1.82) is 0 Å². The van der Waals surface area contributed by atoms with Gasteiger partial charge in [-0.3, -0.25) is 14.5 Å². The summed E-state index contributed by atoms with van der Waals surface area (Å²) in [5, 5.41) is 0. The van der Waals surface area contributed by atoms with Crippen molar-refractivity contribution in [2.24, 2.45) is 0 Å². The Balaban J connectivity index is 1.65. The van der Waals surface area contributed by atoms with E-state index in [9.17, 15) is 9.59 Å². The normalized spacial score (nSPS) is 22.6. The van der Waals surface area contributed by atoms with E-state index in [1.54, 1.807) is 0 Å². The van der Waals surface area contributed by atoms with Crippen LogP contribution in [0.2, 0.25) is 0 Å². The third-order valence-electron chi connectivity index (χ3n) is 4.19. The first-order valence-corrected chi connectivity index (χ1v) is 7.83. The maximum absolute atomic E-state index is 11.8. The molecule has 0 aromatic rings. The molecule has 0 aromatic heterocycles. The smallest absolute Gasteiger partial charge is 0.229 e. The van der Waals surface area contributed by atoms with E-state index in [1.165, 1.54) is 37.3 Å². The number of hydrogen-bond donors (Lipinski definition) is 0. The molecule has 2 fully saturated rings. The van der Waals surface area contributed by atoms with Crippen LogP contribution in [0.4, 0.5) is 0 Å². The number of hydrogen-bond acceptors (Lipinski definition) is 3. The summed E-state index contributed by atoms with van der Waals surface area (Å²) in [5.41, 5.74) is 0. The quantitative estimate of drug-likeness (QED) is 0.565. The molecule has 0 bridgehead atoms. The molecule has 0 radical (unpaired) electrons. The van der Waals surface area contributed by atoms with Gasteiger partial charge in [0.15, 0.2) is 0 Å². The fourth-order valence-corrected chi connectivity index (χ4v) is 3.00. The molecule has 108 valence electrons. The van der Waals surface area contributed by atoms with Crippen LogP contribution < -0.4 is 0 Å². The van der Waals surface area contributed by atoms with E-state index >= 15 is 0 Å². The monoisotopic (exact) mass is 266 g/mol. The fraction of sp³-hybridized carbons (Fsp3) is 0.867. The van der Waals surface area contributed by atoms with Gasteiger partial charge < -0.3 is 4.90 Å².